The van der Waals surface area contributed by atoms with Crippen LogP contribution in [0.2, 0.25) is 0 Å². The van der Waals surface area contributed by atoms with Gasteiger partial charge in [-0.1, -0.05) is 34.1 Å². The fourth-order valence-corrected chi connectivity index (χ4v) is 3.40. The van der Waals surface area contributed by atoms with E-state index in [1.807, 2.05) is 44.2 Å². The number of halogens is 1. The molecule has 2 saturated heterocycles. The molecule has 0 spiro atoms. The molecule has 1 aromatic rings. The summed E-state index contributed by atoms with van der Waals surface area (Å²) in [6.07, 6.45) is 2.36. The molecular formula is C18H23BrO4. The summed E-state index contributed by atoms with van der Waals surface area (Å²) in [7, 11) is 0. The van der Waals surface area contributed by atoms with Gasteiger partial charge < -0.3 is 18.9 Å². The lowest BCUT2D eigenvalue weighted by molar-refractivity contribution is -0.191. The van der Waals surface area contributed by atoms with Crippen molar-refractivity contribution in [1.82, 2.24) is 0 Å². The molecule has 4 nitrogen and oxygen atoms in total. The highest BCUT2D eigenvalue weighted by molar-refractivity contribution is 9.10. The van der Waals surface area contributed by atoms with Gasteiger partial charge in [-0.05, 0) is 38.0 Å². The summed E-state index contributed by atoms with van der Waals surface area (Å²) in [6, 6.07) is 8.11. The van der Waals surface area contributed by atoms with Crippen LogP contribution in [-0.2, 0) is 25.6 Å². The summed E-state index contributed by atoms with van der Waals surface area (Å²) in [4.78, 5) is 0. The number of fused-ring (bicyclic) bond motifs is 1. The minimum atomic E-state index is -0.567. The molecule has 23 heavy (non-hydrogen) atoms. The third-order valence-electron chi connectivity index (χ3n) is 4.11. The Balaban J connectivity index is 1.56. The monoisotopic (exact) mass is 382 g/mol. The summed E-state index contributed by atoms with van der Waals surface area (Å²) in [5.74, 6) is -0.567. The highest BCUT2D eigenvalue weighted by Crippen LogP contribution is 2.39. The number of ether oxygens (including phenoxy) is 4. The molecule has 0 bridgehead atoms. The first-order valence-electron chi connectivity index (χ1n) is 7.93. The summed E-state index contributed by atoms with van der Waals surface area (Å²) >= 11 is 3.43. The molecule has 0 saturated carbocycles. The molecule has 2 heterocycles. The van der Waals surface area contributed by atoms with Crippen molar-refractivity contribution < 1.29 is 18.9 Å². The van der Waals surface area contributed by atoms with Gasteiger partial charge in [-0.2, -0.15) is 0 Å². The maximum atomic E-state index is 6.07. The van der Waals surface area contributed by atoms with E-state index >= 15 is 0 Å². The zero-order valence-electron chi connectivity index (χ0n) is 13.5. The van der Waals surface area contributed by atoms with Crippen LogP contribution in [0.3, 0.4) is 0 Å². The highest BCUT2D eigenvalue weighted by atomic mass is 79.9. The average molecular weight is 383 g/mol. The van der Waals surface area contributed by atoms with Crippen molar-refractivity contribution in [3.8, 4) is 0 Å². The van der Waals surface area contributed by atoms with Crippen LogP contribution in [-0.4, -0.2) is 36.8 Å². The maximum Gasteiger partial charge on any atom is 0.164 e. The van der Waals surface area contributed by atoms with Crippen LogP contribution < -0.4 is 0 Å². The second kappa shape index (κ2) is 7.03. The summed E-state index contributed by atoms with van der Waals surface area (Å²) in [5, 5.41) is 0. The first kappa shape index (κ1) is 17.1. The molecule has 0 unspecified atom stereocenters. The lowest BCUT2D eigenvalue weighted by Crippen LogP contribution is -2.32. The quantitative estimate of drug-likeness (QED) is 0.700. The molecule has 126 valence electrons. The zero-order valence-corrected chi connectivity index (χ0v) is 15.1. The van der Waals surface area contributed by atoms with Gasteiger partial charge in [0.2, 0.25) is 0 Å². The van der Waals surface area contributed by atoms with E-state index in [-0.39, 0.29) is 24.4 Å². The van der Waals surface area contributed by atoms with Gasteiger partial charge in [-0.25, -0.2) is 0 Å². The normalized spacial score (nSPS) is 32.0. The highest BCUT2D eigenvalue weighted by Gasteiger charge is 2.54. The van der Waals surface area contributed by atoms with Gasteiger partial charge in [0.05, 0.1) is 19.3 Å². The first-order chi connectivity index (χ1) is 11.0. The number of benzene rings is 1. The molecule has 3 rings (SSSR count). The number of hydrogen-bond donors (Lipinski definition) is 0. The maximum absolute atomic E-state index is 6.07. The second-order valence-corrected chi connectivity index (χ2v) is 7.36. The Morgan fingerprint density at radius 2 is 1.83 bits per heavy atom. The molecular weight excluding hydrogens is 360 g/mol. The van der Waals surface area contributed by atoms with Gasteiger partial charge >= 0.3 is 0 Å². The van der Waals surface area contributed by atoms with Crippen LogP contribution in [0.25, 0.3) is 0 Å². The van der Waals surface area contributed by atoms with Crippen LogP contribution in [0.4, 0.5) is 0 Å². The lowest BCUT2D eigenvalue weighted by Gasteiger charge is -2.23. The van der Waals surface area contributed by atoms with Crippen LogP contribution in [0.15, 0.2) is 41.4 Å². The molecule has 1 aromatic carbocycles. The van der Waals surface area contributed by atoms with E-state index in [4.69, 9.17) is 18.9 Å². The fraction of sp³-hybridized carbons (Fsp3) is 0.556. The van der Waals surface area contributed by atoms with Gasteiger partial charge in [-0.3, -0.25) is 0 Å². The van der Waals surface area contributed by atoms with Gasteiger partial charge in [0.1, 0.15) is 18.3 Å². The van der Waals surface area contributed by atoms with Gasteiger partial charge in [0, 0.05) is 4.47 Å². The molecule has 5 heteroatoms. The fourth-order valence-electron chi connectivity index (χ4n) is 3.13. The van der Waals surface area contributed by atoms with E-state index in [1.54, 1.807) is 0 Å². The Labute approximate surface area is 145 Å². The predicted molar refractivity (Wildman–Crippen MR) is 91.1 cm³/mol. The van der Waals surface area contributed by atoms with Gasteiger partial charge in [0.15, 0.2) is 5.79 Å². The van der Waals surface area contributed by atoms with E-state index in [0.717, 1.165) is 16.5 Å². The molecule has 4 atom stereocenters. The Bertz CT molecular complexity index is 542. The Hall–Kier alpha value is -0.720. The predicted octanol–water partition coefficient (Wildman–Crippen LogP) is 3.83. The molecule has 2 aliphatic heterocycles. The van der Waals surface area contributed by atoms with Gasteiger partial charge in [-0.15, -0.1) is 6.58 Å². The topological polar surface area (TPSA) is 36.9 Å². The van der Waals surface area contributed by atoms with Crippen LogP contribution in [0.5, 0.6) is 0 Å². The van der Waals surface area contributed by atoms with Crippen molar-refractivity contribution in [3.63, 3.8) is 0 Å². The first-order valence-corrected chi connectivity index (χ1v) is 8.72. The number of hydrogen-bond acceptors (Lipinski definition) is 4. The van der Waals surface area contributed by atoms with Gasteiger partial charge in [0.25, 0.3) is 0 Å². The van der Waals surface area contributed by atoms with E-state index in [9.17, 15) is 0 Å². The van der Waals surface area contributed by atoms with Crippen molar-refractivity contribution in [2.24, 2.45) is 0 Å². The molecule has 0 radical (unpaired) electrons. The second-order valence-electron chi connectivity index (χ2n) is 6.44. The molecule has 2 aliphatic rings. The largest absolute Gasteiger partial charge is 0.374 e. The van der Waals surface area contributed by atoms with Crippen LogP contribution in [0.1, 0.15) is 25.8 Å². The zero-order chi connectivity index (χ0) is 16.4. The molecule has 0 amide bonds. The van der Waals surface area contributed by atoms with Crippen molar-refractivity contribution >= 4 is 15.9 Å². The molecule has 0 N–H and O–H groups in total. The van der Waals surface area contributed by atoms with E-state index in [1.165, 1.54) is 0 Å². The van der Waals surface area contributed by atoms with E-state index < -0.39 is 5.79 Å². The lowest BCUT2D eigenvalue weighted by atomic mass is 10.1. The SMILES string of the molecule is C=CC[C@@H]1O[C@H](COCc2ccc(Br)cc2)[C@H]2OC(C)(C)O[C@H]21. The average Bonchev–Trinajstić information content (AvgIpc) is 2.97. The minimum Gasteiger partial charge on any atom is -0.374 e. The smallest absolute Gasteiger partial charge is 0.164 e. The molecule has 0 aliphatic carbocycles. The van der Waals surface area contributed by atoms with Crippen molar-refractivity contribution in [1.29, 1.82) is 0 Å². The molecule has 0 aromatic heterocycles. The Morgan fingerprint density at radius 1 is 1.17 bits per heavy atom. The van der Waals surface area contributed by atoms with Crippen molar-refractivity contribution in [2.75, 3.05) is 6.61 Å². The van der Waals surface area contributed by atoms with Crippen LogP contribution >= 0.6 is 15.9 Å². The third kappa shape index (κ3) is 4.03. The van der Waals surface area contributed by atoms with Crippen molar-refractivity contribution in [2.45, 2.75) is 57.1 Å². The Kier molecular flexibility index (Phi) is 5.23. The standard InChI is InChI=1S/C18H23BrO4/c1-4-5-14-16-17(23-18(2,3)22-16)15(21-14)11-20-10-12-6-8-13(19)9-7-12/h4,6-9,14-17H,1,5,10-11H2,2-3H3/t14-,15+,16-,17+/m0/s1. The summed E-state index contributed by atoms with van der Waals surface area (Å²) < 4.78 is 25.0. The summed E-state index contributed by atoms with van der Waals surface area (Å²) in [6.45, 7) is 8.73. The van der Waals surface area contributed by atoms with Crippen LogP contribution in [0, 0.1) is 0 Å². The van der Waals surface area contributed by atoms with E-state index in [2.05, 4.69) is 22.5 Å². The van der Waals surface area contributed by atoms with Crippen molar-refractivity contribution in [3.05, 3.63) is 47.0 Å². The summed E-state index contributed by atoms with van der Waals surface area (Å²) in [5.41, 5.74) is 1.13. The third-order valence-corrected chi connectivity index (χ3v) is 4.64. The minimum absolute atomic E-state index is 0.0134. The van der Waals surface area contributed by atoms with E-state index in [0.29, 0.717) is 13.2 Å². The number of rotatable bonds is 6. The Morgan fingerprint density at radius 3 is 2.48 bits per heavy atom. The molecule has 2 fully saturated rings.